The van der Waals surface area contributed by atoms with Crippen molar-refractivity contribution in [2.45, 2.75) is 39.0 Å². The Labute approximate surface area is 107 Å². The van der Waals surface area contributed by atoms with E-state index in [2.05, 4.69) is 18.0 Å². The van der Waals surface area contributed by atoms with Crippen molar-refractivity contribution in [3.05, 3.63) is 0 Å². The predicted molar refractivity (Wildman–Crippen MR) is 67.4 cm³/mol. The molecule has 0 aromatic carbocycles. The molecule has 0 saturated heterocycles. The molecule has 0 aromatic rings. The number of amides is 2. The molecule has 18 heavy (non-hydrogen) atoms. The van der Waals surface area contributed by atoms with Gasteiger partial charge in [0, 0.05) is 13.2 Å². The largest absolute Gasteiger partial charge is 0.465 e. The fourth-order valence-electron chi connectivity index (χ4n) is 1.01. The number of nitrogens with one attached hydrogen (secondary N) is 1. The van der Waals surface area contributed by atoms with Gasteiger partial charge in [0.25, 0.3) is 0 Å². The molecule has 108 valence electrons. The molecule has 0 aliphatic rings. The van der Waals surface area contributed by atoms with E-state index in [1.54, 1.807) is 0 Å². The van der Waals surface area contributed by atoms with Crippen LogP contribution in [0.1, 0.15) is 39.0 Å². The van der Waals surface area contributed by atoms with Crippen LogP contribution in [0.4, 0.5) is 9.59 Å². The first-order valence-electron chi connectivity index (χ1n) is 6.04. The monoisotopic (exact) mass is 264 g/mol. The van der Waals surface area contributed by atoms with Crippen LogP contribution in [0.25, 0.3) is 0 Å². The number of aliphatic hydroxyl groups is 1. The number of nitrogens with two attached hydrogens (primary N) is 1. The van der Waals surface area contributed by atoms with Gasteiger partial charge in [-0.15, -0.1) is 0 Å². The summed E-state index contributed by atoms with van der Waals surface area (Å²) in [5.74, 6) is 0. The minimum Gasteiger partial charge on any atom is -0.465 e. The Morgan fingerprint density at radius 3 is 2.33 bits per heavy atom. The SMILES string of the molecule is CCCCCCOC(=O)NCCCO.NC(=O)O. The minimum absolute atomic E-state index is 0.0940. The van der Waals surface area contributed by atoms with Crippen LogP contribution in [-0.4, -0.2) is 42.2 Å². The fourth-order valence-corrected chi connectivity index (χ4v) is 1.01. The lowest BCUT2D eigenvalue weighted by atomic mass is 10.2. The van der Waals surface area contributed by atoms with E-state index in [1.165, 1.54) is 12.8 Å². The molecule has 0 aliphatic carbocycles. The molecule has 0 unspecified atom stereocenters. The van der Waals surface area contributed by atoms with Crippen LogP contribution in [0, 0.1) is 0 Å². The molecule has 2 amide bonds. The second kappa shape index (κ2) is 15.5. The van der Waals surface area contributed by atoms with E-state index in [-0.39, 0.29) is 12.7 Å². The van der Waals surface area contributed by atoms with Crippen LogP contribution in [0.3, 0.4) is 0 Å². The Hall–Kier alpha value is -1.50. The van der Waals surface area contributed by atoms with Crippen molar-refractivity contribution in [2.75, 3.05) is 19.8 Å². The van der Waals surface area contributed by atoms with E-state index >= 15 is 0 Å². The van der Waals surface area contributed by atoms with Gasteiger partial charge in [-0.25, -0.2) is 9.59 Å². The van der Waals surface area contributed by atoms with E-state index in [9.17, 15) is 4.79 Å². The summed E-state index contributed by atoms with van der Waals surface area (Å²) in [4.78, 5) is 19.7. The number of ether oxygens (including phenoxy) is 1. The number of alkyl carbamates (subject to hydrolysis) is 1. The number of carbonyl (C=O) groups is 2. The van der Waals surface area contributed by atoms with Crippen molar-refractivity contribution in [3.63, 3.8) is 0 Å². The van der Waals surface area contributed by atoms with Gasteiger partial charge in [-0.3, -0.25) is 0 Å². The Balaban J connectivity index is 0. The van der Waals surface area contributed by atoms with E-state index < -0.39 is 6.09 Å². The van der Waals surface area contributed by atoms with Crippen molar-refractivity contribution < 1.29 is 24.5 Å². The number of primary amides is 1. The van der Waals surface area contributed by atoms with Crippen LogP contribution in [0.5, 0.6) is 0 Å². The summed E-state index contributed by atoms with van der Waals surface area (Å²) in [6.07, 6.45) is 3.28. The molecule has 0 saturated carbocycles. The number of carboxylic acid groups (broad SMARTS) is 1. The molecule has 0 spiro atoms. The predicted octanol–water partition coefficient (Wildman–Crippen LogP) is 1.30. The van der Waals surface area contributed by atoms with Gasteiger partial charge in [0.1, 0.15) is 0 Å². The van der Waals surface area contributed by atoms with Gasteiger partial charge in [0.15, 0.2) is 0 Å². The lowest BCUT2D eigenvalue weighted by Gasteiger charge is -2.05. The maximum Gasteiger partial charge on any atom is 0.407 e. The summed E-state index contributed by atoms with van der Waals surface area (Å²) >= 11 is 0. The summed E-state index contributed by atoms with van der Waals surface area (Å²) in [5.41, 5.74) is 4.03. The molecule has 0 rings (SSSR count). The zero-order chi connectivity index (χ0) is 14.2. The van der Waals surface area contributed by atoms with E-state index in [1.807, 2.05) is 0 Å². The second-order valence-corrected chi connectivity index (χ2v) is 3.54. The number of unbranched alkanes of at least 4 members (excludes halogenated alkanes) is 3. The fraction of sp³-hybridized carbons (Fsp3) is 0.818. The Kier molecular flexibility index (Phi) is 16.2. The first-order valence-corrected chi connectivity index (χ1v) is 6.04. The number of hydrogen-bond acceptors (Lipinski definition) is 4. The summed E-state index contributed by atoms with van der Waals surface area (Å²) < 4.78 is 4.90. The van der Waals surface area contributed by atoms with Crippen molar-refractivity contribution in [3.8, 4) is 0 Å². The molecule has 0 aliphatic heterocycles. The zero-order valence-electron chi connectivity index (χ0n) is 10.9. The number of carbonyl (C=O) groups excluding carboxylic acids is 1. The highest BCUT2D eigenvalue weighted by Crippen LogP contribution is 1.98. The van der Waals surface area contributed by atoms with Gasteiger partial charge in [-0.1, -0.05) is 26.2 Å². The van der Waals surface area contributed by atoms with Crippen LogP contribution >= 0.6 is 0 Å². The smallest absolute Gasteiger partial charge is 0.407 e. The molecule has 7 heteroatoms. The Morgan fingerprint density at radius 2 is 1.83 bits per heavy atom. The lowest BCUT2D eigenvalue weighted by molar-refractivity contribution is 0.143. The Bertz CT molecular complexity index is 208. The highest BCUT2D eigenvalue weighted by Gasteiger charge is 1.99. The van der Waals surface area contributed by atoms with Gasteiger partial charge in [-0.05, 0) is 12.8 Å². The van der Waals surface area contributed by atoms with Gasteiger partial charge in [0.2, 0.25) is 0 Å². The summed E-state index contributed by atoms with van der Waals surface area (Å²) in [6.45, 7) is 3.20. The van der Waals surface area contributed by atoms with Gasteiger partial charge in [0.05, 0.1) is 6.61 Å². The van der Waals surface area contributed by atoms with E-state index in [0.29, 0.717) is 19.6 Å². The molecule has 0 fully saturated rings. The molecule has 0 radical (unpaired) electrons. The van der Waals surface area contributed by atoms with E-state index in [4.69, 9.17) is 19.7 Å². The lowest BCUT2D eigenvalue weighted by Crippen LogP contribution is -2.26. The third kappa shape index (κ3) is 24.0. The third-order valence-corrected chi connectivity index (χ3v) is 1.84. The summed E-state index contributed by atoms with van der Waals surface area (Å²) in [7, 11) is 0. The van der Waals surface area contributed by atoms with Crippen LogP contribution in [0.2, 0.25) is 0 Å². The van der Waals surface area contributed by atoms with Crippen LogP contribution < -0.4 is 11.1 Å². The molecule has 0 heterocycles. The highest BCUT2D eigenvalue weighted by atomic mass is 16.5. The number of rotatable bonds is 8. The average molecular weight is 264 g/mol. The number of aliphatic hydroxyl groups excluding tert-OH is 1. The van der Waals surface area contributed by atoms with Crippen LogP contribution in [-0.2, 0) is 4.74 Å². The summed E-state index contributed by atoms with van der Waals surface area (Å²) in [5, 5.41) is 18.2. The molecule has 7 nitrogen and oxygen atoms in total. The number of hydrogen-bond donors (Lipinski definition) is 4. The molecular formula is C11H24N2O5. The maximum absolute atomic E-state index is 10.9. The molecule has 0 atom stereocenters. The van der Waals surface area contributed by atoms with Crippen molar-refractivity contribution >= 4 is 12.2 Å². The first-order chi connectivity index (χ1) is 8.54. The van der Waals surface area contributed by atoms with Crippen LogP contribution in [0.15, 0.2) is 0 Å². The highest BCUT2D eigenvalue weighted by molar-refractivity contribution is 5.66. The van der Waals surface area contributed by atoms with Crippen molar-refractivity contribution in [2.24, 2.45) is 5.73 Å². The molecule has 5 N–H and O–H groups in total. The molecule has 0 bridgehead atoms. The molecular weight excluding hydrogens is 240 g/mol. The average Bonchev–Trinajstić information content (AvgIpc) is 2.28. The van der Waals surface area contributed by atoms with Gasteiger partial charge >= 0.3 is 12.2 Å². The van der Waals surface area contributed by atoms with Gasteiger partial charge in [-0.2, -0.15) is 0 Å². The first kappa shape index (κ1) is 18.9. The standard InChI is InChI=1S/C10H21NO3.CH3NO2/c1-2-3-4-5-9-14-10(13)11-7-6-8-12;2-1(3)4/h12H,2-9H2,1H3,(H,11,13);2H2,(H,3,4). The Morgan fingerprint density at radius 1 is 1.22 bits per heavy atom. The maximum atomic E-state index is 10.9. The summed E-state index contributed by atoms with van der Waals surface area (Å²) in [6, 6.07) is 0. The quantitative estimate of drug-likeness (QED) is 0.492. The normalized spacial score (nSPS) is 9.00. The van der Waals surface area contributed by atoms with Crippen molar-refractivity contribution in [1.29, 1.82) is 0 Å². The van der Waals surface area contributed by atoms with E-state index in [0.717, 1.165) is 12.8 Å². The van der Waals surface area contributed by atoms with Crippen molar-refractivity contribution in [1.82, 2.24) is 5.32 Å². The third-order valence-electron chi connectivity index (χ3n) is 1.84. The minimum atomic E-state index is -1.33. The topological polar surface area (TPSA) is 122 Å². The zero-order valence-corrected chi connectivity index (χ0v) is 10.9. The second-order valence-electron chi connectivity index (χ2n) is 3.54. The molecule has 0 aromatic heterocycles. The van der Waals surface area contributed by atoms with Gasteiger partial charge < -0.3 is 26.0 Å².